The number of aromatic nitrogens is 1. The number of esters is 1. The van der Waals surface area contributed by atoms with Crippen molar-refractivity contribution in [3.63, 3.8) is 0 Å². The fourth-order valence-corrected chi connectivity index (χ4v) is 4.49. The number of piperidine rings is 1. The average molecular weight is 510 g/mol. The normalized spacial score (nSPS) is 19.2. The highest BCUT2D eigenvalue weighted by Crippen LogP contribution is 2.28. The lowest BCUT2D eigenvalue weighted by atomic mass is 9.88. The quantitative estimate of drug-likeness (QED) is 0.278. The van der Waals surface area contributed by atoms with E-state index >= 15 is 0 Å². The van der Waals surface area contributed by atoms with Crippen molar-refractivity contribution in [2.24, 2.45) is 0 Å². The van der Waals surface area contributed by atoms with Gasteiger partial charge in [-0.25, -0.2) is 4.79 Å². The molecule has 0 bridgehead atoms. The van der Waals surface area contributed by atoms with Gasteiger partial charge in [0, 0.05) is 43.3 Å². The predicted octanol–water partition coefficient (Wildman–Crippen LogP) is 1.94. The van der Waals surface area contributed by atoms with E-state index in [4.69, 9.17) is 14.9 Å². The zero-order valence-electron chi connectivity index (χ0n) is 20.7. The minimum Gasteiger partial charge on any atom is -0.466 e. The van der Waals surface area contributed by atoms with Gasteiger partial charge in [0.25, 0.3) is 5.91 Å². The molecule has 0 spiro atoms. The van der Waals surface area contributed by atoms with Gasteiger partial charge in [-0.05, 0) is 56.2 Å². The summed E-state index contributed by atoms with van der Waals surface area (Å²) in [4.78, 5) is 44.1. The van der Waals surface area contributed by atoms with Crippen LogP contribution in [-0.2, 0) is 14.3 Å². The summed E-state index contributed by atoms with van der Waals surface area (Å²) in [6.45, 7) is 4.11. The Morgan fingerprint density at radius 3 is 2.59 bits per heavy atom. The van der Waals surface area contributed by atoms with Crippen molar-refractivity contribution in [2.45, 2.75) is 37.9 Å². The zero-order valence-corrected chi connectivity index (χ0v) is 20.7. The van der Waals surface area contributed by atoms with E-state index in [2.05, 4.69) is 15.2 Å². The van der Waals surface area contributed by atoms with Gasteiger partial charge in [-0.2, -0.15) is 0 Å². The molecule has 1 aromatic carbocycles. The molecule has 2 aliphatic heterocycles. The van der Waals surface area contributed by atoms with Crippen LogP contribution in [0, 0.1) is 5.41 Å². The van der Waals surface area contributed by atoms with Crippen LogP contribution in [-0.4, -0.2) is 83.3 Å². The lowest BCUT2D eigenvalue weighted by Crippen LogP contribution is -2.48. The molecule has 1 aromatic heterocycles. The maximum atomic E-state index is 12.5. The van der Waals surface area contributed by atoms with Crippen molar-refractivity contribution in [1.29, 1.82) is 5.41 Å². The third-order valence-electron chi connectivity index (χ3n) is 6.53. The molecule has 1 atom stereocenters. The van der Waals surface area contributed by atoms with Crippen LogP contribution in [0.25, 0.3) is 0 Å². The van der Waals surface area contributed by atoms with Gasteiger partial charge in [-0.15, -0.1) is 0 Å². The number of amidine groups is 1. The number of hydrogen-bond donors (Lipinski definition) is 3. The summed E-state index contributed by atoms with van der Waals surface area (Å²) in [6.07, 6.45) is 3.09. The van der Waals surface area contributed by atoms with Gasteiger partial charge in [0.15, 0.2) is 0 Å². The summed E-state index contributed by atoms with van der Waals surface area (Å²) in [5, 5.41) is 21.4. The van der Waals surface area contributed by atoms with E-state index in [9.17, 15) is 19.5 Å². The Hall–Kier alpha value is -3.83. The molecule has 4 rings (SSSR count). The Morgan fingerprint density at radius 2 is 1.95 bits per heavy atom. The van der Waals surface area contributed by atoms with Crippen molar-refractivity contribution in [3.05, 3.63) is 59.9 Å². The maximum Gasteiger partial charge on any atom is 0.414 e. The number of carbonyl (C=O) groups is 3. The zero-order chi connectivity index (χ0) is 26.4. The number of amides is 2. The van der Waals surface area contributed by atoms with Gasteiger partial charge in [0.05, 0.1) is 30.7 Å². The SMILES string of the molecule is CCOC(=O)CC1(O)CCN(CC2CN(c3ccc(C(=N)NC(=O)c4cccnc4)cc3)C(=O)O2)CC1. The molecule has 0 radical (unpaired) electrons. The van der Waals surface area contributed by atoms with Crippen molar-refractivity contribution in [1.82, 2.24) is 15.2 Å². The molecular weight excluding hydrogens is 478 g/mol. The van der Waals surface area contributed by atoms with E-state index in [1.54, 1.807) is 49.5 Å². The Bertz CT molecular complexity index is 1130. The highest BCUT2D eigenvalue weighted by molar-refractivity contribution is 6.11. The van der Waals surface area contributed by atoms with Crippen LogP contribution in [0.4, 0.5) is 10.5 Å². The Balaban J connectivity index is 1.27. The minimum absolute atomic E-state index is 0.0124. The Labute approximate surface area is 214 Å². The number of aliphatic hydroxyl groups is 1. The first-order valence-electron chi connectivity index (χ1n) is 12.3. The topological polar surface area (TPSA) is 145 Å². The number of rotatable bonds is 8. The third-order valence-corrected chi connectivity index (χ3v) is 6.53. The molecule has 0 aliphatic carbocycles. The standard InChI is InChI=1S/C26H31N5O6/c1-2-36-22(32)14-26(35)9-12-30(13-10-26)16-21-17-31(25(34)37-21)20-7-5-18(6-8-20)23(27)29-24(33)19-4-3-11-28-15-19/h3-8,11,15,21,35H,2,9-10,12-14,16-17H2,1H3,(H2,27,29,33). The van der Waals surface area contributed by atoms with E-state index in [-0.39, 0.29) is 18.4 Å². The molecule has 11 nitrogen and oxygen atoms in total. The van der Waals surface area contributed by atoms with Crippen LogP contribution < -0.4 is 10.2 Å². The van der Waals surface area contributed by atoms with Crippen molar-refractivity contribution in [3.8, 4) is 0 Å². The number of hydrogen-bond acceptors (Lipinski definition) is 9. The number of cyclic esters (lactones) is 1. The summed E-state index contributed by atoms with van der Waals surface area (Å²) in [6, 6.07) is 10.0. The van der Waals surface area contributed by atoms with Gasteiger partial charge in [-0.3, -0.25) is 29.8 Å². The first-order chi connectivity index (χ1) is 17.8. The van der Waals surface area contributed by atoms with E-state index in [0.29, 0.717) is 62.4 Å². The minimum atomic E-state index is -1.06. The van der Waals surface area contributed by atoms with Crippen LogP contribution in [0.1, 0.15) is 42.1 Å². The molecule has 11 heteroatoms. The predicted molar refractivity (Wildman–Crippen MR) is 134 cm³/mol. The van der Waals surface area contributed by atoms with E-state index < -0.39 is 23.6 Å². The second-order valence-corrected chi connectivity index (χ2v) is 9.24. The number of nitrogens with one attached hydrogen (secondary N) is 2. The lowest BCUT2D eigenvalue weighted by Gasteiger charge is -2.38. The summed E-state index contributed by atoms with van der Waals surface area (Å²) >= 11 is 0. The van der Waals surface area contributed by atoms with E-state index in [1.165, 1.54) is 11.1 Å². The molecule has 37 heavy (non-hydrogen) atoms. The Kier molecular flexibility index (Phi) is 8.14. The van der Waals surface area contributed by atoms with Crippen LogP contribution >= 0.6 is 0 Å². The summed E-state index contributed by atoms with van der Waals surface area (Å²) in [7, 11) is 0. The molecule has 2 aromatic rings. The number of carbonyl (C=O) groups excluding carboxylic acids is 3. The van der Waals surface area contributed by atoms with Crippen molar-refractivity contribution < 1.29 is 29.0 Å². The summed E-state index contributed by atoms with van der Waals surface area (Å²) in [5.74, 6) is -0.878. The molecule has 0 saturated carbocycles. The second kappa shape index (κ2) is 11.5. The van der Waals surface area contributed by atoms with Gasteiger partial charge in [0.2, 0.25) is 0 Å². The second-order valence-electron chi connectivity index (χ2n) is 9.24. The fraction of sp³-hybridized carbons (Fsp3) is 0.423. The fourth-order valence-electron chi connectivity index (χ4n) is 4.49. The van der Waals surface area contributed by atoms with E-state index in [0.717, 1.165) is 0 Å². The number of ether oxygens (including phenoxy) is 2. The summed E-state index contributed by atoms with van der Waals surface area (Å²) < 4.78 is 10.5. The highest BCUT2D eigenvalue weighted by atomic mass is 16.6. The molecule has 2 saturated heterocycles. The monoisotopic (exact) mass is 509 g/mol. The number of likely N-dealkylation sites (tertiary alicyclic amines) is 1. The number of benzene rings is 1. The molecule has 196 valence electrons. The maximum absolute atomic E-state index is 12.5. The van der Waals surface area contributed by atoms with Gasteiger partial charge in [-0.1, -0.05) is 0 Å². The first-order valence-corrected chi connectivity index (χ1v) is 12.3. The molecule has 2 aliphatic rings. The number of nitrogens with zero attached hydrogens (tertiary/aromatic N) is 3. The number of pyridine rings is 1. The first kappa shape index (κ1) is 26.2. The van der Waals surface area contributed by atoms with Crippen LogP contribution in [0.2, 0.25) is 0 Å². The van der Waals surface area contributed by atoms with Crippen molar-refractivity contribution >= 4 is 29.5 Å². The highest BCUT2D eigenvalue weighted by Gasteiger charge is 2.38. The van der Waals surface area contributed by atoms with Crippen LogP contribution in [0.5, 0.6) is 0 Å². The third kappa shape index (κ3) is 6.69. The molecule has 3 heterocycles. The Morgan fingerprint density at radius 1 is 1.22 bits per heavy atom. The number of anilines is 1. The van der Waals surface area contributed by atoms with Gasteiger partial charge >= 0.3 is 12.1 Å². The molecule has 2 amide bonds. The molecule has 1 unspecified atom stereocenters. The summed E-state index contributed by atoms with van der Waals surface area (Å²) in [5.41, 5.74) is 0.416. The molecular formula is C26H31N5O6. The van der Waals surface area contributed by atoms with Gasteiger partial charge in [0.1, 0.15) is 11.9 Å². The molecule has 3 N–H and O–H groups in total. The largest absolute Gasteiger partial charge is 0.466 e. The average Bonchev–Trinajstić information content (AvgIpc) is 3.26. The van der Waals surface area contributed by atoms with Crippen molar-refractivity contribution in [2.75, 3.05) is 37.7 Å². The lowest BCUT2D eigenvalue weighted by molar-refractivity contribution is -0.150. The van der Waals surface area contributed by atoms with Crippen LogP contribution in [0.3, 0.4) is 0 Å². The van der Waals surface area contributed by atoms with Gasteiger partial charge < -0.3 is 19.9 Å². The smallest absolute Gasteiger partial charge is 0.414 e. The van der Waals surface area contributed by atoms with Crippen LogP contribution in [0.15, 0.2) is 48.8 Å². The van der Waals surface area contributed by atoms with E-state index in [1.807, 2.05) is 0 Å². The molecule has 2 fully saturated rings.